The van der Waals surface area contributed by atoms with Gasteiger partial charge in [-0.25, -0.2) is 8.42 Å². The van der Waals surface area contributed by atoms with Crippen LogP contribution in [0.5, 0.6) is 0 Å². The van der Waals surface area contributed by atoms with Crippen molar-refractivity contribution >= 4 is 10.0 Å². The fourth-order valence-electron chi connectivity index (χ4n) is 2.76. The summed E-state index contributed by atoms with van der Waals surface area (Å²) in [6.45, 7) is 2.24. The highest BCUT2D eigenvalue weighted by molar-refractivity contribution is 7.89. The first-order chi connectivity index (χ1) is 9.09. The molecule has 1 aliphatic rings. The van der Waals surface area contributed by atoms with Gasteiger partial charge in [0.05, 0.1) is 11.5 Å². The molecule has 0 heterocycles. The molecule has 106 valence electrons. The standard InChI is InChI=1S/C14H21NO3S/c1-2-15(13-7-3-4-8-13)19(17,18)14-9-5-6-12(10-14)11-16/h5-6,9-10,13,16H,2-4,7-8,11H2,1H3. The number of nitrogens with zero attached hydrogens (tertiary/aromatic N) is 1. The topological polar surface area (TPSA) is 57.6 Å². The number of aliphatic hydroxyl groups is 1. The lowest BCUT2D eigenvalue weighted by molar-refractivity contribution is 0.281. The van der Waals surface area contributed by atoms with Gasteiger partial charge in [-0.2, -0.15) is 4.31 Å². The number of hydrogen-bond acceptors (Lipinski definition) is 3. The predicted molar refractivity (Wildman–Crippen MR) is 74.2 cm³/mol. The van der Waals surface area contributed by atoms with E-state index in [0.717, 1.165) is 25.7 Å². The minimum atomic E-state index is -3.44. The molecule has 1 fully saturated rings. The summed E-state index contributed by atoms with van der Waals surface area (Å²) in [6, 6.07) is 6.71. The third kappa shape index (κ3) is 2.99. The van der Waals surface area contributed by atoms with Crippen LogP contribution in [0.15, 0.2) is 29.2 Å². The fourth-order valence-corrected chi connectivity index (χ4v) is 4.52. The molecule has 0 saturated heterocycles. The Labute approximate surface area is 115 Å². The monoisotopic (exact) mass is 283 g/mol. The number of rotatable bonds is 5. The van der Waals surface area contributed by atoms with Gasteiger partial charge in [0.25, 0.3) is 0 Å². The molecule has 19 heavy (non-hydrogen) atoms. The molecule has 0 radical (unpaired) electrons. The Morgan fingerprint density at radius 3 is 2.58 bits per heavy atom. The van der Waals surface area contributed by atoms with E-state index in [1.54, 1.807) is 28.6 Å². The third-order valence-corrected chi connectivity index (χ3v) is 5.75. The van der Waals surface area contributed by atoms with Crippen LogP contribution < -0.4 is 0 Å². The normalized spacial score (nSPS) is 17.2. The zero-order valence-electron chi connectivity index (χ0n) is 11.2. The smallest absolute Gasteiger partial charge is 0.243 e. The van der Waals surface area contributed by atoms with Crippen LogP contribution in [0.1, 0.15) is 38.2 Å². The molecule has 0 spiro atoms. The van der Waals surface area contributed by atoms with E-state index in [0.29, 0.717) is 12.1 Å². The first kappa shape index (κ1) is 14.5. The van der Waals surface area contributed by atoms with Crippen molar-refractivity contribution in [1.82, 2.24) is 4.31 Å². The molecular formula is C14H21NO3S. The molecule has 4 nitrogen and oxygen atoms in total. The Hall–Kier alpha value is -0.910. The molecule has 1 aliphatic carbocycles. The average molecular weight is 283 g/mol. The molecule has 2 rings (SSSR count). The van der Waals surface area contributed by atoms with Gasteiger partial charge in [0.1, 0.15) is 0 Å². The Bertz CT molecular complexity index is 521. The van der Waals surface area contributed by atoms with Crippen molar-refractivity contribution in [2.75, 3.05) is 6.54 Å². The van der Waals surface area contributed by atoms with E-state index < -0.39 is 10.0 Å². The van der Waals surface area contributed by atoms with Crippen molar-refractivity contribution in [3.05, 3.63) is 29.8 Å². The Kier molecular flexibility index (Phi) is 4.60. The quantitative estimate of drug-likeness (QED) is 0.900. The minimum Gasteiger partial charge on any atom is -0.392 e. The summed E-state index contributed by atoms with van der Waals surface area (Å²) < 4.78 is 26.9. The van der Waals surface area contributed by atoms with Crippen molar-refractivity contribution in [2.45, 2.75) is 50.2 Å². The zero-order chi connectivity index (χ0) is 13.9. The highest BCUT2D eigenvalue weighted by atomic mass is 32.2. The minimum absolute atomic E-state index is 0.132. The molecule has 0 unspecified atom stereocenters. The molecule has 0 aliphatic heterocycles. The molecule has 0 bridgehead atoms. The van der Waals surface area contributed by atoms with Gasteiger partial charge in [0.2, 0.25) is 10.0 Å². The van der Waals surface area contributed by atoms with E-state index in [4.69, 9.17) is 5.11 Å². The van der Waals surface area contributed by atoms with Crippen LogP contribution >= 0.6 is 0 Å². The van der Waals surface area contributed by atoms with Crippen LogP contribution in [0.3, 0.4) is 0 Å². The second-order valence-corrected chi connectivity index (χ2v) is 6.84. The van der Waals surface area contributed by atoms with Gasteiger partial charge in [0.15, 0.2) is 0 Å². The van der Waals surface area contributed by atoms with Crippen LogP contribution in [0, 0.1) is 0 Å². The first-order valence-corrected chi connectivity index (χ1v) is 8.25. The molecule has 1 N–H and O–H groups in total. The van der Waals surface area contributed by atoms with Crippen LogP contribution in [-0.2, 0) is 16.6 Å². The maximum absolute atomic E-state index is 12.7. The van der Waals surface area contributed by atoms with Crippen LogP contribution in [-0.4, -0.2) is 30.4 Å². The molecule has 0 atom stereocenters. The predicted octanol–water partition coefficient (Wildman–Crippen LogP) is 2.13. The SMILES string of the molecule is CCN(C1CCCC1)S(=O)(=O)c1cccc(CO)c1. The van der Waals surface area contributed by atoms with Crippen LogP contribution in [0.2, 0.25) is 0 Å². The van der Waals surface area contributed by atoms with Gasteiger partial charge in [-0.1, -0.05) is 31.9 Å². The van der Waals surface area contributed by atoms with Crippen LogP contribution in [0.25, 0.3) is 0 Å². The molecular weight excluding hydrogens is 262 g/mol. The number of aliphatic hydroxyl groups excluding tert-OH is 1. The zero-order valence-corrected chi connectivity index (χ0v) is 12.1. The summed E-state index contributed by atoms with van der Waals surface area (Å²) in [7, 11) is -3.44. The van der Waals surface area contributed by atoms with Gasteiger partial charge in [-0.3, -0.25) is 0 Å². The summed E-state index contributed by atoms with van der Waals surface area (Å²) in [6.07, 6.45) is 4.11. The molecule has 0 amide bonds. The maximum Gasteiger partial charge on any atom is 0.243 e. The van der Waals surface area contributed by atoms with E-state index >= 15 is 0 Å². The molecule has 0 aromatic heterocycles. The third-order valence-electron chi connectivity index (χ3n) is 3.73. The second-order valence-electron chi connectivity index (χ2n) is 4.95. The Morgan fingerprint density at radius 2 is 2.00 bits per heavy atom. The summed E-state index contributed by atoms with van der Waals surface area (Å²) in [5, 5.41) is 9.13. The van der Waals surface area contributed by atoms with Crippen molar-refractivity contribution in [2.24, 2.45) is 0 Å². The van der Waals surface area contributed by atoms with E-state index in [1.807, 2.05) is 6.92 Å². The van der Waals surface area contributed by atoms with Crippen LogP contribution in [0.4, 0.5) is 0 Å². The second kappa shape index (κ2) is 6.03. The lowest BCUT2D eigenvalue weighted by Gasteiger charge is -2.26. The summed E-state index contributed by atoms with van der Waals surface area (Å²) in [5.74, 6) is 0. The maximum atomic E-state index is 12.7. The van der Waals surface area contributed by atoms with E-state index in [9.17, 15) is 8.42 Å². The van der Waals surface area contributed by atoms with Crippen molar-refractivity contribution in [3.8, 4) is 0 Å². The number of benzene rings is 1. The van der Waals surface area contributed by atoms with Gasteiger partial charge in [0, 0.05) is 12.6 Å². The summed E-state index contributed by atoms with van der Waals surface area (Å²) in [5.41, 5.74) is 0.628. The Balaban J connectivity index is 2.33. The Morgan fingerprint density at radius 1 is 1.32 bits per heavy atom. The average Bonchev–Trinajstić information content (AvgIpc) is 2.93. The highest BCUT2D eigenvalue weighted by Gasteiger charge is 2.31. The lowest BCUT2D eigenvalue weighted by Crippen LogP contribution is -2.38. The largest absolute Gasteiger partial charge is 0.392 e. The van der Waals surface area contributed by atoms with Crippen molar-refractivity contribution < 1.29 is 13.5 Å². The number of sulfonamides is 1. The van der Waals surface area contributed by atoms with Gasteiger partial charge in [-0.15, -0.1) is 0 Å². The van der Waals surface area contributed by atoms with E-state index in [1.165, 1.54) is 0 Å². The molecule has 1 aromatic carbocycles. The lowest BCUT2D eigenvalue weighted by atomic mass is 10.2. The molecule has 1 aromatic rings. The molecule has 5 heteroatoms. The van der Waals surface area contributed by atoms with Crippen molar-refractivity contribution in [1.29, 1.82) is 0 Å². The van der Waals surface area contributed by atoms with Gasteiger partial charge >= 0.3 is 0 Å². The first-order valence-electron chi connectivity index (χ1n) is 6.81. The van der Waals surface area contributed by atoms with E-state index in [-0.39, 0.29) is 17.5 Å². The van der Waals surface area contributed by atoms with E-state index in [2.05, 4.69) is 0 Å². The summed E-state index contributed by atoms with van der Waals surface area (Å²) in [4.78, 5) is 0.285. The van der Waals surface area contributed by atoms with Gasteiger partial charge in [-0.05, 0) is 30.5 Å². The fraction of sp³-hybridized carbons (Fsp3) is 0.571. The van der Waals surface area contributed by atoms with Gasteiger partial charge < -0.3 is 5.11 Å². The highest BCUT2D eigenvalue weighted by Crippen LogP contribution is 2.28. The number of hydrogen-bond donors (Lipinski definition) is 1. The van der Waals surface area contributed by atoms with Crippen molar-refractivity contribution in [3.63, 3.8) is 0 Å². The summed E-state index contributed by atoms with van der Waals surface area (Å²) >= 11 is 0. The molecule has 1 saturated carbocycles.